The van der Waals surface area contributed by atoms with Crippen LogP contribution in [0.25, 0.3) is 0 Å². The molecule has 0 saturated heterocycles. The van der Waals surface area contributed by atoms with Crippen LogP contribution in [0.4, 0.5) is 0 Å². The molecule has 140 valence electrons. The van der Waals surface area contributed by atoms with Crippen LogP contribution in [0.3, 0.4) is 0 Å². The number of nitrogens with one attached hydrogen (secondary N) is 2. The second-order valence-corrected chi connectivity index (χ2v) is 6.29. The average Bonchev–Trinajstić information content (AvgIpc) is 2.58. The topological polar surface area (TPSA) is 66.0 Å². The molecule has 0 bridgehead atoms. The second kappa shape index (κ2) is 11.7. The lowest BCUT2D eigenvalue weighted by Gasteiger charge is -2.19. The average molecular weight is 369 g/mol. The van der Waals surface area contributed by atoms with Gasteiger partial charge >= 0.3 is 0 Å². The molecular weight excluding hydrogens is 340 g/mol. The molecule has 25 heavy (non-hydrogen) atoms. The number of carbonyl (C=O) groups is 1. The first-order valence-corrected chi connectivity index (χ1v) is 8.90. The van der Waals surface area contributed by atoms with Crippen LogP contribution < -0.4 is 10.6 Å². The van der Waals surface area contributed by atoms with Gasteiger partial charge in [-0.1, -0.05) is 23.7 Å². The maximum absolute atomic E-state index is 11.8. The summed E-state index contributed by atoms with van der Waals surface area (Å²) in [6.07, 6.45) is 0.863. The SMILES string of the molecule is CCOCCCNC(=NCC(=O)N(C)C)NC(C)c1cccc(Cl)c1. The molecule has 1 rings (SSSR count). The Hall–Kier alpha value is -1.79. The summed E-state index contributed by atoms with van der Waals surface area (Å²) < 4.78 is 5.33. The van der Waals surface area contributed by atoms with Gasteiger partial charge in [0.2, 0.25) is 5.91 Å². The van der Waals surface area contributed by atoms with Gasteiger partial charge in [0.05, 0.1) is 6.04 Å². The molecular formula is C18H29ClN4O2. The summed E-state index contributed by atoms with van der Waals surface area (Å²) in [4.78, 5) is 17.7. The van der Waals surface area contributed by atoms with E-state index in [-0.39, 0.29) is 18.5 Å². The van der Waals surface area contributed by atoms with E-state index in [1.165, 1.54) is 4.90 Å². The molecule has 0 radical (unpaired) electrons. The second-order valence-electron chi connectivity index (χ2n) is 5.85. The molecule has 0 fully saturated rings. The minimum absolute atomic E-state index is 0.00583. The Morgan fingerprint density at radius 3 is 2.80 bits per heavy atom. The lowest BCUT2D eigenvalue weighted by molar-refractivity contribution is -0.127. The van der Waals surface area contributed by atoms with Crippen LogP contribution in [0, 0.1) is 0 Å². The Morgan fingerprint density at radius 1 is 1.40 bits per heavy atom. The molecule has 0 aliphatic rings. The summed E-state index contributed by atoms with van der Waals surface area (Å²) in [5.74, 6) is 0.546. The summed E-state index contributed by atoms with van der Waals surface area (Å²) in [5.41, 5.74) is 1.05. The molecule has 1 atom stereocenters. The van der Waals surface area contributed by atoms with E-state index >= 15 is 0 Å². The molecule has 0 aliphatic carbocycles. The van der Waals surface area contributed by atoms with Crippen molar-refractivity contribution in [1.82, 2.24) is 15.5 Å². The lowest BCUT2D eigenvalue weighted by Crippen LogP contribution is -2.40. The first-order chi connectivity index (χ1) is 11.9. The molecule has 7 heteroatoms. The molecule has 0 saturated carbocycles. The van der Waals surface area contributed by atoms with E-state index in [4.69, 9.17) is 16.3 Å². The standard InChI is InChI=1S/C18H29ClN4O2/c1-5-25-11-7-10-20-18(21-13-17(24)23(3)4)22-14(2)15-8-6-9-16(19)12-15/h6,8-9,12,14H,5,7,10-11,13H2,1-4H3,(H2,20,21,22). The van der Waals surface area contributed by atoms with Gasteiger partial charge in [0.25, 0.3) is 0 Å². The van der Waals surface area contributed by atoms with Gasteiger partial charge in [-0.05, 0) is 38.0 Å². The van der Waals surface area contributed by atoms with Gasteiger partial charge in [-0.3, -0.25) is 4.79 Å². The fourth-order valence-electron chi connectivity index (χ4n) is 2.03. The number of rotatable bonds is 9. The monoisotopic (exact) mass is 368 g/mol. The van der Waals surface area contributed by atoms with Crippen LogP contribution in [0.15, 0.2) is 29.3 Å². The smallest absolute Gasteiger partial charge is 0.243 e. The highest BCUT2D eigenvalue weighted by Crippen LogP contribution is 2.17. The van der Waals surface area contributed by atoms with Gasteiger partial charge < -0.3 is 20.3 Å². The van der Waals surface area contributed by atoms with Gasteiger partial charge in [0.1, 0.15) is 6.54 Å². The third-order valence-corrected chi connectivity index (χ3v) is 3.77. The van der Waals surface area contributed by atoms with Crippen molar-refractivity contribution in [3.8, 4) is 0 Å². The predicted molar refractivity (Wildman–Crippen MR) is 103 cm³/mol. The molecule has 0 aliphatic heterocycles. The predicted octanol–water partition coefficient (Wildman–Crippen LogP) is 2.45. The van der Waals surface area contributed by atoms with E-state index in [1.807, 2.05) is 38.1 Å². The minimum atomic E-state index is -0.0502. The third-order valence-electron chi connectivity index (χ3n) is 3.54. The molecule has 1 aromatic carbocycles. The zero-order valence-corrected chi connectivity index (χ0v) is 16.3. The maximum atomic E-state index is 11.8. The largest absolute Gasteiger partial charge is 0.382 e. The van der Waals surface area contributed by atoms with Crippen molar-refractivity contribution in [2.24, 2.45) is 4.99 Å². The van der Waals surface area contributed by atoms with Crippen molar-refractivity contribution in [3.05, 3.63) is 34.9 Å². The van der Waals surface area contributed by atoms with Crippen LogP contribution in [0.5, 0.6) is 0 Å². The zero-order chi connectivity index (χ0) is 18.7. The van der Waals surface area contributed by atoms with Crippen LogP contribution in [-0.2, 0) is 9.53 Å². The summed E-state index contributed by atoms with van der Waals surface area (Å²) in [5, 5.41) is 7.25. The Balaban J connectivity index is 2.68. The Bertz CT molecular complexity index is 564. The van der Waals surface area contributed by atoms with Crippen LogP contribution in [-0.4, -0.2) is 57.2 Å². The number of hydrogen-bond acceptors (Lipinski definition) is 3. The van der Waals surface area contributed by atoms with E-state index in [0.29, 0.717) is 30.7 Å². The molecule has 1 aromatic rings. The zero-order valence-electron chi connectivity index (χ0n) is 15.5. The molecule has 2 N–H and O–H groups in total. The fourth-order valence-corrected chi connectivity index (χ4v) is 2.23. The van der Waals surface area contributed by atoms with Gasteiger partial charge in [0.15, 0.2) is 5.96 Å². The Labute approximate surface area is 155 Å². The number of guanidine groups is 1. The van der Waals surface area contributed by atoms with E-state index in [9.17, 15) is 4.79 Å². The molecule has 1 amide bonds. The molecule has 1 unspecified atom stereocenters. The number of benzene rings is 1. The fraction of sp³-hybridized carbons (Fsp3) is 0.556. The normalized spacial score (nSPS) is 12.6. The van der Waals surface area contributed by atoms with Gasteiger partial charge in [-0.2, -0.15) is 0 Å². The van der Waals surface area contributed by atoms with Crippen molar-refractivity contribution in [2.45, 2.75) is 26.3 Å². The van der Waals surface area contributed by atoms with Crippen molar-refractivity contribution < 1.29 is 9.53 Å². The first-order valence-electron chi connectivity index (χ1n) is 8.52. The summed E-state index contributed by atoms with van der Waals surface area (Å²) >= 11 is 6.06. The number of ether oxygens (including phenoxy) is 1. The number of likely N-dealkylation sites (N-methyl/N-ethyl adjacent to an activating group) is 1. The number of halogens is 1. The number of aliphatic imine (C=N–C) groups is 1. The Morgan fingerprint density at radius 2 is 2.16 bits per heavy atom. The quantitative estimate of drug-likeness (QED) is 0.399. The van der Waals surface area contributed by atoms with Crippen molar-refractivity contribution in [3.63, 3.8) is 0 Å². The maximum Gasteiger partial charge on any atom is 0.243 e. The van der Waals surface area contributed by atoms with Crippen molar-refractivity contribution in [1.29, 1.82) is 0 Å². The molecule has 0 heterocycles. The number of amides is 1. The summed E-state index contributed by atoms with van der Waals surface area (Å²) in [7, 11) is 3.43. The summed E-state index contributed by atoms with van der Waals surface area (Å²) in [6.45, 7) is 6.21. The van der Waals surface area contributed by atoms with Gasteiger partial charge in [0, 0.05) is 38.9 Å². The summed E-state index contributed by atoms with van der Waals surface area (Å²) in [6, 6.07) is 7.68. The van der Waals surface area contributed by atoms with Crippen molar-refractivity contribution >= 4 is 23.5 Å². The van der Waals surface area contributed by atoms with Gasteiger partial charge in [-0.25, -0.2) is 4.99 Å². The van der Waals surface area contributed by atoms with E-state index < -0.39 is 0 Å². The van der Waals surface area contributed by atoms with Crippen LogP contribution in [0.2, 0.25) is 5.02 Å². The van der Waals surface area contributed by atoms with Crippen LogP contribution in [0.1, 0.15) is 31.9 Å². The number of carbonyl (C=O) groups excluding carboxylic acids is 1. The number of hydrogen-bond donors (Lipinski definition) is 2. The first kappa shape index (κ1) is 21.3. The van der Waals surface area contributed by atoms with E-state index in [1.54, 1.807) is 14.1 Å². The lowest BCUT2D eigenvalue weighted by atomic mass is 10.1. The van der Waals surface area contributed by atoms with Crippen LogP contribution >= 0.6 is 11.6 Å². The highest BCUT2D eigenvalue weighted by atomic mass is 35.5. The highest BCUT2D eigenvalue weighted by molar-refractivity contribution is 6.30. The minimum Gasteiger partial charge on any atom is -0.382 e. The molecule has 0 aromatic heterocycles. The number of nitrogens with zero attached hydrogens (tertiary/aromatic N) is 2. The van der Waals surface area contributed by atoms with Gasteiger partial charge in [-0.15, -0.1) is 0 Å². The Kier molecular flexibility index (Phi) is 9.96. The molecule has 6 nitrogen and oxygen atoms in total. The molecule has 0 spiro atoms. The highest BCUT2D eigenvalue weighted by Gasteiger charge is 2.10. The third kappa shape index (κ3) is 8.74. The van der Waals surface area contributed by atoms with E-state index in [0.717, 1.165) is 12.0 Å². The van der Waals surface area contributed by atoms with Crippen molar-refractivity contribution in [2.75, 3.05) is 40.4 Å². The van der Waals surface area contributed by atoms with E-state index in [2.05, 4.69) is 15.6 Å².